The molecule has 0 saturated carbocycles. The molecule has 0 amide bonds. The van der Waals surface area contributed by atoms with E-state index in [4.69, 9.17) is 10.1 Å². The molecule has 0 radical (unpaired) electrons. The maximum Gasteiger partial charge on any atom is 0.212 e. The molecule has 0 spiro atoms. The molecule has 5 heteroatoms. The highest BCUT2D eigenvalue weighted by Crippen LogP contribution is 2.11. The number of nitrogens with one attached hydrogen (secondary N) is 1. The van der Waals surface area contributed by atoms with E-state index in [2.05, 4.69) is 0 Å². The monoisotopic (exact) mass is 213 g/mol. The molecule has 0 aromatic heterocycles. The standard InChI is InChI=1S/C9H11NO3S/c1-13-9(10)7-4-3-5-8(6-7)14(2,11)12/h3-6,10H,1-2H3. The van der Waals surface area contributed by atoms with Gasteiger partial charge in [-0.05, 0) is 18.2 Å². The number of hydrogen-bond donors (Lipinski definition) is 1. The van der Waals surface area contributed by atoms with Gasteiger partial charge in [-0.3, -0.25) is 5.41 Å². The lowest BCUT2D eigenvalue weighted by Crippen LogP contribution is -2.04. The maximum atomic E-state index is 11.2. The number of rotatable bonds is 2. The summed E-state index contributed by atoms with van der Waals surface area (Å²) in [6.07, 6.45) is 1.13. The van der Waals surface area contributed by atoms with Crippen molar-refractivity contribution in [3.8, 4) is 0 Å². The first-order valence-electron chi connectivity index (χ1n) is 3.88. The molecule has 4 nitrogen and oxygen atoms in total. The Morgan fingerprint density at radius 2 is 2.07 bits per heavy atom. The Hall–Kier alpha value is -1.36. The van der Waals surface area contributed by atoms with Gasteiger partial charge in [-0.25, -0.2) is 8.42 Å². The van der Waals surface area contributed by atoms with Crippen LogP contribution in [0.25, 0.3) is 0 Å². The molecule has 0 aliphatic heterocycles. The largest absolute Gasteiger partial charge is 0.481 e. The predicted molar refractivity (Wildman–Crippen MR) is 53.4 cm³/mol. The van der Waals surface area contributed by atoms with Crippen molar-refractivity contribution in [3.63, 3.8) is 0 Å². The van der Waals surface area contributed by atoms with Gasteiger partial charge in [-0.1, -0.05) is 6.07 Å². The van der Waals surface area contributed by atoms with E-state index >= 15 is 0 Å². The highest BCUT2D eigenvalue weighted by molar-refractivity contribution is 7.90. The van der Waals surface area contributed by atoms with Crippen molar-refractivity contribution < 1.29 is 13.2 Å². The number of ether oxygens (including phenoxy) is 1. The summed E-state index contributed by atoms with van der Waals surface area (Å²) in [5.41, 5.74) is 0.454. The summed E-state index contributed by atoms with van der Waals surface area (Å²) in [6.45, 7) is 0. The zero-order chi connectivity index (χ0) is 10.8. The van der Waals surface area contributed by atoms with E-state index in [1.165, 1.54) is 19.2 Å². The van der Waals surface area contributed by atoms with Gasteiger partial charge in [0.1, 0.15) is 0 Å². The highest BCUT2D eigenvalue weighted by Gasteiger charge is 2.09. The van der Waals surface area contributed by atoms with E-state index in [0.29, 0.717) is 5.56 Å². The van der Waals surface area contributed by atoms with Gasteiger partial charge >= 0.3 is 0 Å². The molecule has 1 rings (SSSR count). The summed E-state index contributed by atoms with van der Waals surface area (Å²) < 4.78 is 27.1. The number of benzene rings is 1. The van der Waals surface area contributed by atoms with Gasteiger partial charge in [-0.15, -0.1) is 0 Å². The molecule has 1 aromatic rings. The van der Waals surface area contributed by atoms with E-state index in [1.807, 2.05) is 0 Å². The van der Waals surface area contributed by atoms with Gasteiger partial charge < -0.3 is 4.74 Å². The van der Waals surface area contributed by atoms with Crippen LogP contribution in [-0.4, -0.2) is 27.7 Å². The lowest BCUT2D eigenvalue weighted by molar-refractivity contribution is 0.401. The summed E-state index contributed by atoms with van der Waals surface area (Å²) in [5.74, 6) is -0.0458. The fraction of sp³-hybridized carbons (Fsp3) is 0.222. The van der Waals surface area contributed by atoms with Crippen LogP contribution in [0.3, 0.4) is 0 Å². The minimum Gasteiger partial charge on any atom is -0.481 e. The van der Waals surface area contributed by atoms with Crippen LogP contribution in [0.4, 0.5) is 0 Å². The smallest absolute Gasteiger partial charge is 0.212 e. The predicted octanol–water partition coefficient (Wildman–Crippen LogP) is 1.06. The Bertz CT molecular complexity index is 451. The summed E-state index contributed by atoms with van der Waals surface area (Å²) >= 11 is 0. The Morgan fingerprint density at radius 3 is 2.57 bits per heavy atom. The summed E-state index contributed by atoms with van der Waals surface area (Å²) in [6, 6.07) is 6.11. The van der Waals surface area contributed by atoms with Crippen molar-refractivity contribution in [3.05, 3.63) is 29.8 Å². The van der Waals surface area contributed by atoms with Crippen molar-refractivity contribution >= 4 is 15.7 Å². The number of sulfone groups is 1. The van der Waals surface area contributed by atoms with Crippen LogP contribution < -0.4 is 0 Å². The fourth-order valence-corrected chi connectivity index (χ4v) is 1.65. The Labute approximate surface area is 83.0 Å². The van der Waals surface area contributed by atoms with Gasteiger partial charge in [0.05, 0.1) is 12.0 Å². The second kappa shape index (κ2) is 3.79. The SMILES string of the molecule is COC(=N)c1cccc(S(C)(=O)=O)c1. The molecule has 0 aliphatic rings. The molecular formula is C9H11NO3S. The van der Waals surface area contributed by atoms with Crippen LogP contribution in [-0.2, 0) is 14.6 Å². The topological polar surface area (TPSA) is 67.2 Å². The normalized spacial score (nSPS) is 11.0. The van der Waals surface area contributed by atoms with E-state index in [1.54, 1.807) is 12.1 Å². The van der Waals surface area contributed by atoms with Crippen LogP contribution >= 0.6 is 0 Å². The van der Waals surface area contributed by atoms with Gasteiger partial charge in [0.25, 0.3) is 0 Å². The van der Waals surface area contributed by atoms with Crippen LogP contribution in [0.5, 0.6) is 0 Å². The van der Waals surface area contributed by atoms with Gasteiger partial charge in [0.2, 0.25) is 5.90 Å². The molecule has 1 aromatic carbocycles. The van der Waals surface area contributed by atoms with Gasteiger partial charge in [-0.2, -0.15) is 0 Å². The minimum absolute atomic E-state index is 0.0458. The lowest BCUT2D eigenvalue weighted by atomic mass is 10.2. The molecule has 14 heavy (non-hydrogen) atoms. The zero-order valence-electron chi connectivity index (χ0n) is 7.94. The van der Waals surface area contributed by atoms with Crippen molar-refractivity contribution in [1.82, 2.24) is 0 Å². The van der Waals surface area contributed by atoms with Gasteiger partial charge in [0.15, 0.2) is 9.84 Å². The third-order valence-corrected chi connectivity index (χ3v) is 2.84. The molecule has 0 fully saturated rings. The van der Waals surface area contributed by atoms with E-state index in [9.17, 15) is 8.42 Å². The number of methoxy groups -OCH3 is 1. The lowest BCUT2D eigenvalue weighted by Gasteiger charge is -2.03. The molecule has 0 unspecified atom stereocenters. The number of hydrogen-bond acceptors (Lipinski definition) is 4. The highest BCUT2D eigenvalue weighted by atomic mass is 32.2. The first-order valence-corrected chi connectivity index (χ1v) is 5.77. The third-order valence-electron chi connectivity index (χ3n) is 1.73. The van der Waals surface area contributed by atoms with Crippen molar-refractivity contribution in [2.75, 3.05) is 13.4 Å². The van der Waals surface area contributed by atoms with Crippen LogP contribution in [0.1, 0.15) is 5.56 Å². The molecule has 1 N–H and O–H groups in total. The Balaban J connectivity index is 3.21. The second-order valence-electron chi connectivity index (χ2n) is 2.83. The summed E-state index contributed by atoms with van der Waals surface area (Å²) in [4.78, 5) is 0.191. The van der Waals surface area contributed by atoms with Crippen molar-refractivity contribution in [2.45, 2.75) is 4.90 Å². The van der Waals surface area contributed by atoms with Crippen molar-refractivity contribution in [2.24, 2.45) is 0 Å². The van der Waals surface area contributed by atoms with Crippen LogP contribution in [0.2, 0.25) is 0 Å². The molecule has 0 bridgehead atoms. The van der Waals surface area contributed by atoms with E-state index in [-0.39, 0.29) is 10.8 Å². The summed E-state index contributed by atoms with van der Waals surface area (Å²) in [5, 5.41) is 7.36. The van der Waals surface area contributed by atoms with Crippen LogP contribution in [0.15, 0.2) is 29.2 Å². The molecular weight excluding hydrogens is 202 g/mol. The molecule has 0 heterocycles. The Kier molecular flexibility index (Phi) is 2.90. The first-order chi connectivity index (χ1) is 6.45. The first kappa shape index (κ1) is 10.7. The Morgan fingerprint density at radius 1 is 1.43 bits per heavy atom. The average Bonchev–Trinajstić information content (AvgIpc) is 2.15. The molecule has 76 valence electrons. The molecule has 0 atom stereocenters. The van der Waals surface area contributed by atoms with Crippen LogP contribution in [0, 0.1) is 5.41 Å². The quantitative estimate of drug-likeness (QED) is 0.590. The third kappa shape index (κ3) is 2.32. The summed E-state index contributed by atoms with van der Waals surface area (Å²) in [7, 11) is -1.85. The van der Waals surface area contributed by atoms with Gasteiger partial charge in [0, 0.05) is 11.8 Å². The maximum absolute atomic E-state index is 11.2. The van der Waals surface area contributed by atoms with E-state index in [0.717, 1.165) is 6.26 Å². The van der Waals surface area contributed by atoms with E-state index < -0.39 is 9.84 Å². The zero-order valence-corrected chi connectivity index (χ0v) is 8.76. The fourth-order valence-electron chi connectivity index (χ4n) is 0.986. The van der Waals surface area contributed by atoms with Crippen molar-refractivity contribution in [1.29, 1.82) is 5.41 Å². The minimum atomic E-state index is -3.22. The average molecular weight is 213 g/mol. The molecule has 0 saturated heterocycles. The molecule has 0 aliphatic carbocycles. The second-order valence-corrected chi connectivity index (χ2v) is 4.85.